The normalized spacial score (nSPS) is 10.9. The van der Waals surface area contributed by atoms with Crippen LogP contribution in [-0.2, 0) is 11.8 Å². The number of benzene rings is 2. The van der Waals surface area contributed by atoms with Crippen molar-refractivity contribution < 1.29 is 9.53 Å². The number of carbonyl (C=O) groups excluding carboxylic acids is 1. The van der Waals surface area contributed by atoms with Crippen molar-refractivity contribution in [3.63, 3.8) is 0 Å². The van der Waals surface area contributed by atoms with Crippen molar-refractivity contribution in [1.82, 2.24) is 9.55 Å². The van der Waals surface area contributed by atoms with Gasteiger partial charge in [0.25, 0.3) is 11.5 Å². The second-order valence-corrected chi connectivity index (χ2v) is 6.18. The smallest absolute Gasteiger partial charge is 0.262 e. The molecule has 0 aliphatic carbocycles. The lowest BCUT2D eigenvalue weighted by molar-refractivity contribution is -0.118. The van der Waals surface area contributed by atoms with Gasteiger partial charge in [0.05, 0.1) is 22.9 Å². The zero-order chi connectivity index (χ0) is 18.8. The highest BCUT2D eigenvalue weighted by atomic mass is 16.5. The molecule has 2 aromatic carbocycles. The number of aryl methyl sites for hydroxylation is 1. The quantitative estimate of drug-likeness (QED) is 0.608. The van der Waals surface area contributed by atoms with E-state index in [4.69, 9.17) is 4.74 Å². The zero-order valence-corrected chi connectivity index (χ0v) is 14.7. The number of para-hydroxylation sites is 2. The van der Waals surface area contributed by atoms with Gasteiger partial charge in [-0.15, -0.1) is 0 Å². The first-order valence-corrected chi connectivity index (χ1v) is 8.48. The van der Waals surface area contributed by atoms with Gasteiger partial charge < -0.3 is 14.6 Å². The topological polar surface area (TPSA) is 73.2 Å². The highest BCUT2D eigenvalue weighted by Crippen LogP contribution is 2.23. The summed E-state index contributed by atoms with van der Waals surface area (Å²) in [6, 6.07) is 18.3. The molecule has 6 heteroatoms. The number of amides is 1. The minimum absolute atomic E-state index is 0.192. The molecule has 0 spiro atoms. The molecule has 1 N–H and O–H groups in total. The van der Waals surface area contributed by atoms with Crippen LogP contribution in [0.4, 0.5) is 5.69 Å². The number of fused-ring (bicyclic) bond motifs is 2. The number of nitrogens with one attached hydrogen (secondary N) is 1. The van der Waals surface area contributed by atoms with Gasteiger partial charge in [0.1, 0.15) is 5.75 Å². The van der Waals surface area contributed by atoms with Gasteiger partial charge >= 0.3 is 0 Å². The minimum Gasteiger partial charge on any atom is -0.483 e. The van der Waals surface area contributed by atoms with E-state index in [1.807, 2.05) is 54.6 Å². The maximum atomic E-state index is 12.3. The molecule has 0 aliphatic heterocycles. The third-order valence-electron chi connectivity index (χ3n) is 4.35. The van der Waals surface area contributed by atoms with E-state index in [-0.39, 0.29) is 18.1 Å². The lowest BCUT2D eigenvalue weighted by Gasteiger charge is -2.12. The Hall–Kier alpha value is -3.67. The third-order valence-corrected chi connectivity index (χ3v) is 4.35. The van der Waals surface area contributed by atoms with Crippen molar-refractivity contribution in [2.45, 2.75) is 0 Å². The molecule has 0 atom stereocenters. The van der Waals surface area contributed by atoms with Gasteiger partial charge in [-0.25, -0.2) is 0 Å². The summed E-state index contributed by atoms with van der Waals surface area (Å²) in [6.07, 6.45) is 1.61. The molecule has 0 bridgehead atoms. The Bertz CT molecular complexity index is 1210. The number of pyridine rings is 2. The van der Waals surface area contributed by atoms with Crippen LogP contribution < -0.4 is 15.6 Å². The van der Waals surface area contributed by atoms with Gasteiger partial charge in [0, 0.05) is 23.9 Å². The number of hydrogen-bond acceptors (Lipinski definition) is 4. The third kappa shape index (κ3) is 3.37. The molecular weight excluding hydrogens is 342 g/mol. The Morgan fingerprint density at radius 3 is 2.78 bits per heavy atom. The molecule has 27 heavy (non-hydrogen) atoms. The Labute approximate surface area is 155 Å². The van der Waals surface area contributed by atoms with Gasteiger partial charge in [0.15, 0.2) is 6.61 Å². The molecule has 0 radical (unpaired) electrons. The van der Waals surface area contributed by atoms with E-state index in [1.165, 1.54) is 6.07 Å². The largest absolute Gasteiger partial charge is 0.483 e. The van der Waals surface area contributed by atoms with E-state index in [2.05, 4.69) is 10.3 Å². The lowest BCUT2D eigenvalue weighted by Crippen LogP contribution is -2.22. The monoisotopic (exact) mass is 359 g/mol. The molecule has 4 aromatic rings. The number of aromatic nitrogens is 2. The second kappa shape index (κ2) is 6.92. The van der Waals surface area contributed by atoms with Crippen molar-refractivity contribution in [1.29, 1.82) is 0 Å². The molecule has 0 fully saturated rings. The van der Waals surface area contributed by atoms with Gasteiger partial charge in [-0.2, -0.15) is 0 Å². The van der Waals surface area contributed by atoms with Crippen LogP contribution in [0.2, 0.25) is 0 Å². The first-order chi connectivity index (χ1) is 13.1. The number of ether oxygens (including phenoxy) is 1. The van der Waals surface area contributed by atoms with Crippen LogP contribution >= 0.6 is 0 Å². The first-order valence-electron chi connectivity index (χ1n) is 8.48. The summed E-state index contributed by atoms with van der Waals surface area (Å²) in [5.41, 5.74) is 2.01. The van der Waals surface area contributed by atoms with Crippen molar-refractivity contribution in [3.05, 3.63) is 77.2 Å². The van der Waals surface area contributed by atoms with Gasteiger partial charge in [-0.3, -0.25) is 14.6 Å². The Morgan fingerprint density at radius 1 is 1.11 bits per heavy atom. The van der Waals surface area contributed by atoms with Crippen molar-refractivity contribution in [2.75, 3.05) is 11.9 Å². The van der Waals surface area contributed by atoms with Crippen LogP contribution in [0.15, 0.2) is 71.7 Å². The summed E-state index contributed by atoms with van der Waals surface area (Å²) in [7, 11) is 1.70. The summed E-state index contributed by atoms with van der Waals surface area (Å²) in [5, 5.41) is 4.48. The Balaban J connectivity index is 1.51. The molecule has 2 aromatic heterocycles. The Kier molecular flexibility index (Phi) is 4.30. The van der Waals surface area contributed by atoms with Gasteiger partial charge in [-0.1, -0.05) is 30.3 Å². The van der Waals surface area contributed by atoms with Crippen LogP contribution in [0.3, 0.4) is 0 Å². The summed E-state index contributed by atoms with van der Waals surface area (Å²) in [6.45, 7) is -0.204. The fourth-order valence-electron chi connectivity index (χ4n) is 2.98. The van der Waals surface area contributed by atoms with Crippen LogP contribution in [0.1, 0.15) is 0 Å². The van der Waals surface area contributed by atoms with Crippen LogP contribution in [0.5, 0.6) is 5.75 Å². The number of rotatable bonds is 4. The number of nitrogens with zero attached hydrogens (tertiary/aromatic N) is 2. The highest BCUT2D eigenvalue weighted by Gasteiger charge is 2.10. The molecule has 2 heterocycles. The molecule has 0 unspecified atom stereocenters. The average Bonchev–Trinajstić information content (AvgIpc) is 2.69. The van der Waals surface area contributed by atoms with E-state index in [0.717, 1.165) is 21.8 Å². The summed E-state index contributed by atoms with van der Waals surface area (Å²) in [4.78, 5) is 28.7. The molecule has 6 nitrogen and oxygen atoms in total. The molecule has 0 aliphatic rings. The molecular formula is C21H17N3O3. The number of anilines is 1. The molecule has 4 rings (SSSR count). The summed E-state index contributed by atoms with van der Waals surface area (Å²) < 4.78 is 7.18. The van der Waals surface area contributed by atoms with E-state index in [9.17, 15) is 9.59 Å². The lowest BCUT2D eigenvalue weighted by atomic mass is 10.2. The SMILES string of the molecule is Cn1c(=O)cc(OCC(=O)Nc2cnc3ccccc3c2)c2ccccc21. The second-order valence-electron chi connectivity index (χ2n) is 6.18. The summed E-state index contributed by atoms with van der Waals surface area (Å²) >= 11 is 0. The van der Waals surface area contributed by atoms with Crippen LogP contribution in [0, 0.1) is 0 Å². The minimum atomic E-state index is -0.322. The van der Waals surface area contributed by atoms with Gasteiger partial charge in [-0.05, 0) is 24.3 Å². The number of hydrogen-bond donors (Lipinski definition) is 1. The maximum absolute atomic E-state index is 12.3. The molecule has 0 saturated carbocycles. The first kappa shape index (κ1) is 16.8. The highest BCUT2D eigenvalue weighted by molar-refractivity contribution is 5.94. The van der Waals surface area contributed by atoms with Crippen molar-refractivity contribution in [2.24, 2.45) is 7.05 Å². The number of carbonyl (C=O) groups is 1. The fourth-order valence-corrected chi connectivity index (χ4v) is 2.98. The predicted molar refractivity (Wildman–Crippen MR) is 105 cm³/mol. The summed E-state index contributed by atoms with van der Waals surface area (Å²) in [5.74, 6) is 0.0670. The van der Waals surface area contributed by atoms with Crippen molar-refractivity contribution in [3.8, 4) is 5.75 Å². The maximum Gasteiger partial charge on any atom is 0.262 e. The fraction of sp³-hybridized carbons (Fsp3) is 0.0952. The zero-order valence-electron chi connectivity index (χ0n) is 14.7. The van der Waals surface area contributed by atoms with Crippen LogP contribution in [0.25, 0.3) is 21.8 Å². The van der Waals surface area contributed by atoms with E-state index in [0.29, 0.717) is 11.4 Å². The van der Waals surface area contributed by atoms with E-state index in [1.54, 1.807) is 17.8 Å². The standard InChI is InChI=1S/C21H17N3O3/c1-24-18-9-5-3-7-16(18)19(11-21(24)26)27-13-20(25)23-15-10-14-6-2-4-8-17(14)22-12-15/h2-12H,13H2,1H3,(H,23,25). The predicted octanol–water partition coefficient (Wildman–Crippen LogP) is 3.10. The average molecular weight is 359 g/mol. The molecule has 134 valence electrons. The van der Waals surface area contributed by atoms with E-state index < -0.39 is 0 Å². The van der Waals surface area contributed by atoms with Crippen molar-refractivity contribution >= 4 is 33.4 Å². The molecule has 1 amide bonds. The molecule has 0 saturated heterocycles. The van der Waals surface area contributed by atoms with E-state index >= 15 is 0 Å². The van der Waals surface area contributed by atoms with Crippen LogP contribution in [-0.4, -0.2) is 22.1 Å². The Morgan fingerprint density at radius 2 is 1.89 bits per heavy atom. The van der Waals surface area contributed by atoms with Gasteiger partial charge in [0.2, 0.25) is 0 Å².